The van der Waals surface area contributed by atoms with Crippen molar-refractivity contribution in [1.82, 2.24) is 0 Å². The molecule has 0 unspecified atom stereocenters. The topological polar surface area (TPSA) is 78.5 Å². The highest BCUT2D eigenvalue weighted by atomic mass is 16.1. The zero-order valence-corrected chi connectivity index (χ0v) is 8.08. The molecule has 1 amide bonds. The van der Waals surface area contributed by atoms with Crippen molar-refractivity contribution in [3.63, 3.8) is 0 Å². The Morgan fingerprint density at radius 3 is 2.33 bits per heavy atom. The molecule has 1 aliphatic rings. The van der Waals surface area contributed by atoms with Crippen molar-refractivity contribution in [3.05, 3.63) is 29.8 Å². The quantitative estimate of drug-likeness (QED) is 0.787. The Morgan fingerprint density at radius 2 is 1.80 bits per heavy atom. The molecule has 1 aromatic carbocycles. The molecule has 0 bridgehead atoms. The third kappa shape index (κ3) is 2.22. The van der Waals surface area contributed by atoms with E-state index in [1.165, 1.54) is 6.92 Å². The fourth-order valence-corrected chi connectivity index (χ4v) is 1.24. The Balaban J connectivity index is 2.13. The van der Waals surface area contributed by atoms with Gasteiger partial charge in [0.05, 0.1) is 0 Å². The van der Waals surface area contributed by atoms with Crippen LogP contribution in [0.2, 0.25) is 0 Å². The van der Waals surface area contributed by atoms with Crippen molar-refractivity contribution in [2.24, 2.45) is 20.7 Å². The van der Waals surface area contributed by atoms with Gasteiger partial charge in [-0.3, -0.25) is 4.79 Å². The molecule has 1 aliphatic heterocycles. The lowest BCUT2D eigenvalue weighted by Gasteiger charge is -2.04. The van der Waals surface area contributed by atoms with Gasteiger partial charge in [-0.2, -0.15) is 0 Å². The number of carbonyl (C=O) groups excluding carboxylic acids is 1. The number of carbonyl (C=O) groups is 1. The maximum atomic E-state index is 10.8. The van der Waals surface area contributed by atoms with Gasteiger partial charge in [0, 0.05) is 18.2 Å². The van der Waals surface area contributed by atoms with Gasteiger partial charge < -0.3 is 5.32 Å². The van der Waals surface area contributed by atoms with Gasteiger partial charge in [-0.05, 0) is 22.6 Å². The first kappa shape index (κ1) is 9.45. The summed E-state index contributed by atoms with van der Waals surface area (Å²) in [6.07, 6.45) is -0.337. The van der Waals surface area contributed by atoms with Crippen molar-refractivity contribution in [2.45, 2.75) is 13.1 Å². The summed E-state index contributed by atoms with van der Waals surface area (Å²) in [6.45, 7) is 1.47. The fraction of sp³-hybridized carbons (Fsp3) is 0.222. The number of benzene rings is 1. The maximum Gasteiger partial charge on any atom is 0.221 e. The summed E-state index contributed by atoms with van der Waals surface area (Å²) in [5.74, 6) is -0.0945. The number of nitrogens with one attached hydrogen (secondary N) is 1. The third-order valence-electron chi connectivity index (χ3n) is 1.89. The van der Waals surface area contributed by atoms with Crippen LogP contribution >= 0.6 is 0 Å². The summed E-state index contributed by atoms with van der Waals surface area (Å²) in [5, 5.41) is 17.1. The second-order valence-corrected chi connectivity index (χ2v) is 3.09. The van der Waals surface area contributed by atoms with Gasteiger partial charge in [0.1, 0.15) is 0 Å². The third-order valence-corrected chi connectivity index (χ3v) is 1.89. The highest BCUT2D eigenvalue weighted by Gasteiger charge is 2.11. The van der Waals surface area contributed by atoms with Gasteiger partial charge in [0.2, 0.25) is 12.1 Å². The molecule has 76 valence electrons. The van der Waals surface area contributed by atoms with E-state index in [0.717, 1.165) is 11.3 Å². The van der Waals surface area contributed by atoms with Gasteiger partial charge in [-0.25, -0.2) is 0 Å². The van der Waals surface area contributed by atoms with E-state index in [1.54, 1.807) is 12.1 Å². The van der Waals surface area contributed by atoms with E-state index in [4.69, 9.17) is 0 Å². The molecule has 0 saturated heterocycles. The number of hydrogen-bond donors (Lipinski definition) is 1. The molecule has 0 atom stereocenters. The largest absolute Gasteiger partial charge is 0.326 e. The summed E-state index contributed by atoms with van der Waals surface area (Å²) in [4.78, 5) is 10.8. The molecule has 6 heteroatoms. The minimum absolute atomic E-state index is 0.0945. The first-order valence-electron chi connectivity index (χ1n) is 4.43. The minimum Gasteiger partial charge on any atom is -0.326 e. The molecular formula is C9H9N5O. The number of amides is 1. The molecule has 0 aromatic heterocycles. The van der Waals surface area contributed by atoms with E-state index in [1.807, 2.05) is 12.1 Å². The molecule has 2 rings (SSSR count). The minimum atomic E-state index is -0.337. The van der Waals surface area contributed by atoms with E-state index in [0.29, 0.717) is 0 Å². The van der Waals surface area contributed by atoms with E-state index in [9.17, 15) is 4.79 Å². The van der Waals surface area contributed by atoms with Crippen molar-refractivity contribution in [1.29, 1.82) is 0 Å². The second-order valence-electron chi connectivity index (χ2n) is 3.09. The Hall–Kier alpha value is -2.11. The van der Waals surface area contributed by atoms with Crippen LogP contribution in [0.3, 0.4) is 0 Å². The van der Waals surface area contributed by atoms with Crippen LogP contribution < -0.4 is 5.32 Å². The Kier molecular flexibility index (Phi) is 2.49. The molecule has 0 aliphatic carbocycles. The van der Waals surface area contributed by atoms with Gasteiger partial charge in [0.25, 0.3) is 0 Å². The second kappa shape index (κ2) is 3.95. The number of anilines is 1. The van der Waals surface area contributed by atoms with E-state index in [2.05, 4.69) is 26.0 Å². The van der Waals surface area contributed by atoms with Gasteiger partial charge in [-0.1, -0.05) is 12.1 Å². The monoisotopic (exact) mass is 203 g/mol. The SMILES string of the molecule is CC(=O)Nc1ccc(C2N=NN=N2)cc1. The summed E-state index contributed by atoms with van der Waals surface area (Å²) in [7, 11) is 0. The number of hydrogen-bond acceptors (Lipinski definition) is 5. The van der Waals surface area contributed by atoms with Crippen LogP contribution in [0.15, 0.2) is 44.9 Å². The fourth-order valence-electron chi connectivity index (χ4n) is 1.24. The van der Waals surface area contributed by atoms with Crippen LogP contribution in [0.5, 0.6) is 0 Å². The standard InChI is InChI=1S/C9H9N5O/c1-6(15)10-8-4-2-7(3-5-8)9-11-13-14-12-9/h2-5,9H,1H3,(H,10,15). The zero-order valence-electron chi connectivity index (χ0n) is 8.08. The van der Waals surface area contributed by atoms with Gasteiger partial charge in [-0.15, -0.1) is 10.2 Å². The number of rotatable bonds is 2. The summed E-state index contributed by atoms with van der Waals surface area (Å²) in [5.41, 5.74) is 1.65. The Bertz CT molecular complexity index is 411. The van der Waals surface area contributed by atoms with Gasteiger partial charge >= 0.3 is 0 Å². The Morgan fingerprint density at radius 1 is 1.20 bits per heavy atom. The Labute approximate surface area is 86.1 Å². The summed E-state index contributed by atoms with van der Waals surface area (Å²) < 4.78 is 0. The normalized spacial score (nSPS) is 14.5. The van der Waals surface area contributed by atoms with Crippen molar-refractivity contribution in [2.75, 3.05) is 5.32 Å². The highest BCUT2D eigenvalue weighted by Crippen LogP contribution is 2.24. The smallest absolute Gasteiger partial charge is 0.221 e. The predicted octanol–water partition coefficient (Wildman–Crippen LogP) is 2.48. The average molecular weight is 203 g/mol. The first-order valence-corrected chi connectivity index (χ1v) is 4.43. The molecule has 0 spiro atoms. The van der Waals surface area contributed by atoms with Crippen LogP contribution in [0, 0.1) is 0 Å². The molecule has 1 N–H and O–H groups in total. The first-order chi connectivity index (χ1) is 7.25. The lowest BCUT2D eigenvalue weighted by molar-refractivity contribution is -0.114. The van der Waals surface area contributed by atoms with Crippen molar-refractivity contribution >= 4 is 11.6 Å². The molecule has 0 saturated carbocycles. The number of nitrogens with zero attached hydrogens (tertiary/aromatic N) is 4. The van der Waals surface area contributed by atoms with Crippen LogP contribution in [0.1, 0.15) is 18.7 Å². The molecule has 1 aromatic rings. The molecule has 6 nitrogen and oxygen atoms in total. The summed E-state index contributed by atoms with van der Waals surface area (Å²) >= 11 is 0. The van der Waals surface area contributed by atoms with Crippen LogP contribution in [0.25, 0.3) is 0 Å². The van der Waals surface area contributed by atoms with Crippen LogP contribution in [-0.2, 0) is 4.79 Å². The van der Waals surface area contributed by atoms with Crippen molar-refractivity contribution in [3.8, 4) is 0 Å². The average Bonchev–Trinajstić information content (AvgIpc) is 2.71. The van der Waals surface area contributed by atoms with Gasteiger partial charge in [0.15, 0.2) is 0 Å². The lowest BCUT2D eigenvalue weighted by Crippen LogP contribution is -2.05. The van der Waals surface area contributed by atoms with E-state index < -0.39 is 0 Å². The van der Waals surface area contributed by atoms with Crippen LogP contribution in [0.4, 0.5) is 5.69 Å². The molecule has 0 radical (unpaired) electrons. The zero-order chi connectivity index (χ0) is 10.7. The summed E-state index contributed by atoms with van der Waals surface area (Å²) in [6, 6.07) is 7.25. The van der Waals surface area contributed by atoms with E-state index in [-0.39, 0.29) is 12.1 Å². The van der Waals surface area contributed by atoms with E-state index >= 15 is 0 Å². The molecular weight excluding hydrogens is 194 g/mol. The lowest BCUT2D eigenvalue weighted by atomic mass is 10.1. The highest BCUT2D eigenvalue weighted by molar-refractivity contribution is 5.88. The van der Waals surface area contributed by atoms with Crippen molar-refractivity contribution < 1.29 is 4.79 Å². The maximum absolute atomic E-state index is 10.8. The molecule has 1 heterocycles. The molecule has 0 fully saturated rings. The predicted molar refractivity (Wildman–Crippen MR) is 53.2 cm³/mol. The molecule has 15 heavy (non-hydrogen) atoms. The van der Waals surface area contributed by atoms with Crippen LogP contribution in [-0.4, -0.2) is 5.91 Å².